The third-order valence-corrected chi connectivity index (χ3v) is 7.68. The largest absolute Gasteiger partial charge is 0.379 e. The molecule has 1 fully saturated rings. The molecule has 0 spiro atoms. The maximum Gasteiger partial charge on any atom is 0.269 e. The molecule has 0 bridgehead atoms. The van der Waals surface area contributed by atoms with Crippen molar-refractivity contribution in [3.05, 3.63) is 33.2 Å². The number of nitrogens with zero attached hydrogens (tertiary/aromatic N) is 4. The van der Waals surface area contributed by atoms with E-state index in [0.29, 0.717) is 44.0 Å². The zero-order valence-corrected chi connectivity index (χ0v) is 19.1. The van der Waals surface area contributed by atoms with Crippen LogP contribution in [-0.2, 0) is 14.8 Å². The van der Waals surface area contributed by atoms with Gasteiger partial charge in [-0.25, -0.2) is 18.5 Å². The molecule has 166 valence electrons. The highest BCUT2D eigenvalue weighted by Crippen LogP contribution is 2.23. The van der Waals surface area contributed by atoms with Crippen LogP contribution in [0, 0.1) is 13.8 Å². The molecule has 3 heterocycles. The third kappa shape index (κ3) is 5.78. The summed E-state index contributed by atoms with van der Waals surface area (Å²) >= 11 is 1.62. The summed E-state index contributed by atoms with van der Waals surface area (Å²) in [5.74, 6) is -0.0539. The number of aromatic amines is 1. The van der Waals surface area contributed by atoms with Crippen molar-refractivity contribution in [2.45, 2.75) is 26.8 Å². The summed E-state index contributed by atoms with van der Waals surface area (Å²) in [6.07, 6.45) is 3.38. The van der Waals surface area contributed by atoms with E-state index in [1.54, 1.807) is 24.5 Å². The van der Waals surface area contributed by atoms with Gasteiger partial charge < -0.3 is 15.0 Å². The zero-order valence-electron chi connectivity index (χ0n) is 17.4. The minimum Gasteiger partial charge on any atom is -0.379 e. The summed E-state index contributed by atoms with van der Waals surface area (Å²) < 4.78 is 32.3. The van der Waals surface area contributed by atoms with Crippen LogP contribution in [0.5, 0.6) is 0 Å². The molecule has 2 N–H and O–H groups in total. The summed E-state index contributed by atoms with van der Waals surface area (Å²) in [5.41, 5.74) is 0.937. The van der Waals surface area contributed by atoms with Gasteiger partial charge in [0, 0.05) is 48.9 Å². The minimum absolute atomic E-state index is 0.0539. The van der Waals surface area contributed by atoms with Crippen molar-refractivity contribution in [3.63, 3.8) is 0 Å². The molecule has 0 saturated carbocycles. The van der Waals surface area contributed by atoms with Crippen molar-refractivity contribution in [1.29, 1.82) is 0 Å². The van der Waals surface area contributed by atoms with E-state index in [1.165, 1.54) is 4.31 Å². The Labute approximate surface area is 180 Å². The van der Waals surface area contributed by atoms with Crippen molar-refractivity contribution in [1.82, 2.24) is 19.5 Å². The van der Waals surface area contributed by atoms with Gasteiger partial charge in [0.25, 0.3) is 5.56 Å². The molecule has 3 rings (SSSR count). The van der Waals surface area contributed by atoms with E-state index in [2.05, 4.69) is 25.4 Å². The fourth-order valence-electron chi connectivity index (χ4n) is 3.11. The monoisotopic (exact) mass is 456 g/mol. The van der Waals surface area contributed by atoms with Crippen LogP contribution in [0.2, 0.25) is 0 Å². The SMILES string of the molecule is Cc1cnc(N2CCN(S(=O)(=O)CCOC[C@H](C)Nc3cn[nH]c(=O)c3C)CC2)s1. The minimum atomic E-state index is -3.36. The van der Waals surface area contributed by atoms with Crippen molar-refractivity contribution in [3.8, 4) is 0 Å². The highest BCUT2D eigenvalue weighted by molar-refractivity contribution is 7.89. The Morgan fingerprint density at radius 3 is 2.67 bits per heavy atom. The van der Waals surface area contributed by atoms with Gasteiger partial charge in [0.1, 0.15) is 0 Å². The zero-order chi connectivity index (χ0) is 21.7. The van der Waals surface area contributed by atoms with E-state index < -0.39 is 10.0 Å². The number of piperazine rings is 1. The summed E-state index contributed by atoms with van der Waals surface area (Å²) in [6.45, 7) is 8.23. The van der Waals surface area contributed by atoms with Crippen LogP contribution < -0.4 is 15.8 Å². The lowest BCUT2D eigenvalue weighted by Crippen LogP contribution is -2.49. The Kier molecular flexibility index (Phi) is 7.45. The van der Waals surface area contributed by atoms with Gasteiger partial charge in [-0.15, -0.1) is 11.3 Å². The molecule has 1 aliphatic heterocycles. The third-order valence-electron chi connectivity index (χ3n) is 4.87. The molecular weight excluding hydrogens is 428 g/mol. The van der Waals surface area contributed by atoms with E-state index in [0.717, 1.165) is 10.0 Å². The number of ether oxygens (including phenoxy) is 1. The van der Waals surface area contributed by atoms with Crippen LogP contribution in [-0.4, -0.2) is 79.1 Å². The number of thiazole rings is 1. The Morgan fingerprint density at radius 2 is 2.00 bits per heavy atom. The van der Waals surface area contributed by atoms with Crippen LogP contribution >= 0.6 is 11.3 Å². The summed E-state index contributed by atoms with van der Waals surface area (Å²) in [7, 11) is -3.36. The standard InChI is InChI=1S/C18H28N6O4S2/c1-13(21-16-11-20-22-17(25)15(16)3)12-28-8-9-30(26,27)24-6-4-23(5-7-24)18-19-10-14(2)29-18/h10-11,13H,4-9,12H2,1-3H3,(H2,21,22,25)/t13-/m0/s1. The lowest BCUT2D eigenvalue weighted by atomic mass is 10.2. The average molecular weight is 457 g/mol. The highest BCUT2D eigenvalue weighted by Gasteiger charge is 2.27. The smallest absolute Gasteiger partial charge is 0.269 e. The molecule has 10 nitrogen and oxygen atoms in total. The predicted molar refractivity (Wildman–Crippen MR) is 118 cm³/mol. The normalized spacial score (nSPS) is 16.6. The summed E-state index contributed by atoms with van der Waals surface area (Å²) in [4.78, 5) is 19.2. The first-order valence-electron chi connectivity index (χ1n) is 9.80. The number of hydrogen-bond acceptors (Lipinski definition) is 9. The van der Waals surface area contributed by atoms with Crippen molar-refractivity contribution in [2.24, 2.45) is 0 Å². The van der Waals surface area contributed by atoms with Crippen molar-refractivity contribution >= 4 is 32.2 Å². The molecule has 0 aromatic carbocycles. The van der Waals surface area contributed by atoms with Gasteiger partial charge in [0.15, 0.2) is 5.13 Å². The number of H-pyrrole nitrogens is 1. The van der Waals surface area contributed by atoms with E-state index >= 15 is 0 Å². The number of aromatic nitrogens is 3. The maximum atomic E-state index is 12.6. The van der Waals surface area contributed by atoms with Crippen LogP contribution in [0.3, 0.4) is 0 Å². The lowest BCUT2D eigenvalue weighted by Gasteiger charge is -2.33. The van der Waals surface area contributed by atoms with Crippen molar-refractivity contribution in [2.75, 3.05) is 55.4 Å². The number of anilines is 2. The lowest BCUT2D eigenvalue weighted by molar-refractivity contribution is 0.141. The Morgan fingerprint density at radius 1 is 1.27 bits per heavy atom. The number of rotatable bonds is 9. The van der Waals surface area contributed by atoms with E-state index in [9.17, 15) is 13.2 Å². The van der Waals surface area contributed by atoms with Gasteiger partial charge in [-0.05, 0) is 20.8 Å². The van der Waals surface area contributed by atoms with Gasteiger partial charge in [-0.1, -0.05) is 0 Å². The molecule has 1 saturated heterocycles. The molecule has 0 unspecified atom stereocenters. The molecule has 0 radical (unpaired) electrons. The number of sulfonamides is 1. The second-order valence-corrected chi connectivity index (χ2v) is 10.6. The molecular formula is C18H28N6O4S2. The first kappa shape index (κ1) is 22.7. The molecule has 2 aromatic rings. The predicted octanol–water partition coefficient (Wildman–Crippen LogP) is 0.812. The first-order valence-corrected chi connectivity index (χ1v) is 12.2. The summed E-state index contributed by atoms with van der Waals surface area (Å²) in [6, 6.07) is -0.0969. The topological polar surface area (TPSA) is 121 Å². The highest BCUT2D eigenvalue weighted by atomic mass is 32.2. The molecule has 1 atom stereocenters. The fourth-order valence-corrected chi connectivity index (χ4v) is 5.23. The van der Waals surface area contributed by atoms with Gasteiger partial charge in [-0.2, -0.15) is 9.40 Å². The molecule has 12 heteroatoms. The number of nitrogens with one attached hydrogen (secondary N) is 2. The van der Waals surface area contributed by atoms with E-state index in [1.807, 2.05) is 20.0 Å². The second kappa shape index (κ2) is 9.86. The molecule has 1 aliphatic rings. The summed E-state index contributed by atoms with van der Waals surface area (Å²) in [5, 5.41) is 10.2. The molecule has 0 amide bonds. The van der Waals surface area contributed by atoms with Gasteiger partial charge in [0.2, 0.25) is 10.0 Å². The maximum absolute atomic E-state index is 12.6. The van der Waals surface area contributed by atoms with E-state index in [4.69, 9.17) is 4.74 Å². The Balaban J connectivity index is 1.40. The van der Waals surface area contributed by atoms with Crippen LogP contribution in [0.4, 0.5) is 10.8 Å². The number of hydrogen-bond donors (Lipinski definition) is 2. The van der Waals surface area contributed by atoms with E-state index in [-0.39, 0.29) is 24.0 Å². The fraction of sp³-hybridized carbons (Fsp3) is 0.611. The van der Waals surface area contributed by atoms with Crippen molar-refractivity contribution < 1.29 is 13.2 Å². The molecule has 30 heavy (non-hydrogen) atoms. The first-order chi connectivity index (χ1) is 14.3. The molecule has 2 aromatic heterocycles. The number of aryl methyl sites for hydroxylation is 1. The van der Waals surface area contributed by atoms with Gasteiger partial charge >= 0.3 is 0 Å². The molecule has 0 aliphatic carbocycles. The van der Waals surface area contributed by atoms with Crippen LogP contribution in [0.25, 0.3) is 0 Å². The Hall–Kier alpha value is -2.02. The van der Waals surface area contributed by atoms with Gasteiger partial charge in [-0.3, -0.25) is 4.79 Å². The Bertz CT molecular complexity index is 998. The second-order valence-electron chi connectivity index (χ2n) is 7.31. The van der Waals surface area contributed by atoms with Crippen LogP contribution in [0.1, 0.15) is 17.4 Å². The quantitative estimate of drug-likeness (QED) is 0.532. The van der Waals surface area contributed by atoms with Crippen LogP contribution in [0.15, 0.2) is 17.2 Å². The average Bonchev–Trinajstić information content (AvgIpc) is 3.15. The van der Waals surface area contributed by atoms with Gasteiger partial charge in [0.05, 0.1) is 30.9 Å².